The Bertz CT molecular complexity index is 772. The second kappa shape index (κ2) is 10.2. The predicted octanol–water partition coefficient (Wildman–Crippen LogP) is 3.97. The van der Waals surface area contributed by atoms with Crippen LogP contribution in [0.15, 0.2) is 57.7 Å². The van der Waals surface area contributed by atoms with Crippen LogP contribution in [-0.4, -0.2) is 20.0 Å². The van der Waals surface area contributed by atoms with Gasteiger partial charge < -0.3 is 9.87 Å². The van der Waals surface area contributed by atoms with E-state index in [1.165, 1.54) is 0 Å². The van der Waals surface area contributed by atoms with Gasteiger partial charge in [0.2, 0.25) is 0 Å². The van der Waals surface area contributed by atoms with Crippen LogP contribution < -0.4 is 5.32 Å². The Labute approximate surface area is 156 Å². The molecule has 134 valence electrons. The average molecular weight is 380 g/mol. The highest BCUT2D eigenvalue weighted by Crippen LogP contribution is 2.15. The summed E-state index contributed by atoms with van der Waals surface area (Å²) >= 11 is 3.90. The first kappa shape index (κ1) is 21.2. The number of amides is 1. The Hall–Kier alpha value is -1.87. The maximum absolute atomic E-state index is 12.3. The lowest BCUT2D eigenvalue weighted by Gasteiger charge is -2.08. The number of allylic oxidation sites excluding steroid dienone is 7. The van der Waals surface area contributed by atoms with Gasteiger partial charge in [-0.1, -0.05) is 23.5 Å². The van der Waals surface area contributed by atoms with Crippen molar-refractivity contribution in [3.05, 3.63) is 57.7 Å². The molecule has 2 atom stereocenters. The Kier molecular flexibility index (Phi) is 8.64. The zero-order valence-corrected chi connectivity index (χ0v) is 16.3. The van der Waals surface area contributed by atoms with Crippen molar-refractivity contribution >= 4 is 28.6 Å². The van der Waals surface area contributed by atoms with Crippen LogP contribution in [0.25, 0.3) is 0 Å². The molecule has 4 nitrogen and oxygen atoms in total. The van der Waals surface area contributed by atoms with Crippen molar-refractivity contribution in [1.82, 2.24) is 5.32 Å². The first-order valence-corrected chi connectivity index (χ1v) is 9.22. The van der Waals surface area contributed by atoms with E-state index in [1.54, 1.807) is 44.2 Å². The number of alkyl halides is 1. The van der Waals surface area contributed by atoms with Crippen molar-refractivity contribution in [2.75, 3.05) is 0 Å². The zero-order chi connectivity index (χ0) is 19.0. The molecule has 2 N–H and O–H groups in total. The second-order valence-electron chi connectivity index (χ2n) is 5.80. The van der Waals surface area contributed by atoms with Crippen molar-refractivity contribution in [3.63, 3.8) is 0 Å². The molecule has 0 aliphatic heterocycles. The largest absolute Gasteiger partial charge is 0.322 e. The average Bonchev–Trinajstić information content (AvgIpc) is 2.51. The van der Waals surface area contributed by atoms with E-state index in [2.05, 4.69) is 17.2 Å². The third-order valence-electron chi connectivity index (χ3n) is 3.16. The van der Waals surface area contributed by atoms with Crippen molar-refractivity contribution in [2.45, 2.75) is 39.5 Å². The van der Waals surface area contributed by atoms with Crippen LogP contribution in [0.3, 0.4) is 0 Å². The minimum Gasteiger partial charge on any atom is -0.322 e. The van der Waals surface area contributed by atoms with E-state index in [0.717, 1.165) is 5.57 Å². The Morgan fingerprint density at radius 2 is 2.04 bits per heavy atom. The van der Waals surface area contributed by atoms with Gasteiger partial charge in [0.1, 0.15) is 0 Å². The molecule has 1 rings (SSSR count). The molecule has 0 spiro atoms. The highest BCUT2D eigenvalue weighted by Gasteiger charge is 2.10. The van der Waals surface area contributed by atoms with Gasteiger partial charge in [-0.05, 0) is 51.5 Å². The summed E-state index contributed by atoms with van der Waals surface area (Å²) in [4.78, 5) is 12.6. The van der Waals surface area contributed by atoms with Gasteiger partial charge in [-0.15, -0.1) is 11.6 Å². The molecule has 0 saturated heterocycles. The normalized spacial score (nSPS) is 19.4. The van der Waals surface area contributed by atoms with Crippen molar-refractivity contribution < 1.29 is 13.6 Å². The van der Waals surface area contributed by atoms with E-state index >= 15 is 0 Å². The molecule has 0 bridgehead atoms. The first-order valence-electron chi connectivity index (χ1n) is 7.67. The summed E-state index contributed by atoms with van der Waals surface area (Å²) in [5, 5.41) is 2.56. The molecule has 25 heavy (non-hydrogen) atoms. The summed E-state index contributed by atoms with van der Waals surface area (Å²) in [5.41, 5.74) is 2.41. The summed E-state index contributed by atoms with van der Waals surface area (Å²) in [6, 6.07) is 0. The third-order valence-corrected chi connectivity index (χ3v) is 4.27. The zero-order valence-electron chi connectivity index (χ0n) is 14.7. The molecule has 0 radical (unpaired) electrons. The molecular formula is C19H22ClNO3S. The SMILES string of the molecule is CC(C)=C/C(=C(C)\C=C(/C)C(=O)NC1=CC#CCC(Cl)C=C1)S(=O)O. The van der Waals surface area contributed by atoms with Crippen molar-refractivity contribution in [1.29, 1.82) is 0 Å². The fraction of sp³-hybridized carbons (Fsp3) is 0.316. The number of carbonyl (C=O) groups is 1. The number of hydrogen-bond donors (Lipinski definition) is 2. The first-order chi connectivity index (χ1) is 11.7. The number of rotatable bonds is 5. The standard InChI is InChI=1S/C19H22ClNO3S/c1-13(2)11-18(25(23)24)14(3)12-15(4)19(22)21-17-8-6-5-7-16(20)9-10-17/h8-12,16H,7H2,1-4H3,(H,21,22)(H,23,24)/b10-9?,15-12+,17-8?,18-14+. The van der Waals surface area contributed by atoms with E-state index in [0.29, 0.717) is 23.3 Å². The fourth-order valence-corrected chi connectivity index (χ4v) is 2.76. The number of hydrogen-bond acceptors (Lipinski definition) is 2. The van der Waals surface area contributed by atoms with Gasteiger partial charge in [-0.3, -0.25) is 4.79 Å². The van der Waals surface area contributed by atoms with Gasteiger partial charge in [0, 0.05) is 23.8 Å². The quantitative estimate of drug-likeness (QED) is 0.250. The molecule has 1 aliphatic carbocycles. The van der Waals surface area contributed by atoms with E-state index in [1.807, 2.05) is 13.8 Å². The topological polar surface area (TPSA) is 66.4 Å². The number of carbonyl (C=O) groups excluding carboxylic acids is 1. The van der Waals surface area contributed by atoms with Crippen LogP contribution in [-0.2, 0) is 15.9 Å². The van der Waals surface area contributed by atoms with Gasteiger partial charge in [0.15, 0.2) is 11.1 Å². The predicted molar refractivity (Wildman–Crippen MR) is 104 cm³/mol. The lowest BCUT2D eigenvalue weighted by molar-refractivity contribution is -0.116. The molecule has 0 aromatic heterocycles. The minimum absolute atomic E-state index is 0.193. The van der Waals surface area contributed by atoms with E-state index in [4.69, 9.17) is 11.6 Å². The van der Waals surface area contributed by atoms with Gasteiger partial charge in [-0.2, -0.15) is 0 Å². The number of halogens is 1. The lowest BCUT2D eigenvalue weighted by Crippen LogP contribution is -2.23. The molecule has 1 aliphatic rings. The molecular weight excluding hydrogens is 358 g/mol. The summed E-state index contributed by atoms with van der Waals surface area (Å²) in [6.07, 6.45) is 8.88. The highest BCUT2D eigenvalue weighted by atomic mass is 35.5. The van der Waals surface area contributed by atoms with E-state index in [-0.39, 0.29) is 16.2 Å². The van der Waals surface area contributed by atoms with Crippen LogP contribution in [0.4, 0.5) is 0 Å². The molecule has 0 saturated carbocycles. The molecule has 0 aromatic carbocycles. The summed E-state index contributed by atoms with van der Waals surface area (Å²) < 4.78 is 20.9. The fourth-order valence-electron chi connectivity index (χ4n) is 1.94. The van der Waals surface area contributed by atoms with Gasteiger partial charge in [-0.25, -0.2) is 4.21 Å². The Morgan fingerprint density at radius 1 is 1.36 bits per heavy atom. The molecule has 2 unspecified atom stereocenters. The summed E-state index contributed by atoms with van der Waals surface area (Å²) in [7, 11) is 0. The Morgan fingerprint density at radius 3 is 2.64 bits per heavy atom. The molecule has 0 aromatic rings. The molecule has 1 amide bonds. The highest BCUT2D eigenvalue weighted by molar-refractivity contribution is 7.83. The third kappa shape index (κ3) is 7.70. The van der Waals surface area contributed by atoms with Crippen LogP contribution in [0.1, 0.15) is 34.1 Å². The number of nitrogens with one attached hydrogen (secondary N) is 1. The molecule has 6 heteroatoms. The molecule has 0 heterocycles. The van der Waals surface area contributed by atoms with Crippen LogP contribution in [0, 0.1) is 11.8 Å². The van der Waals surface area contributed by atoms with Crippen LogP contribution >= 0.6 is 11.6 Å². The maximum atomic E-state index is 12.3. The van der Waals surface area contributed by atoms with E-state index in [9.17, 15) is 13.6 Å². The van der Waals surface area contributed by atoms with Crippen molar-refractivity contribution in [2.24, 2.45) is 0 Å². The van der Waals surface area contributed by atoms with Crippen molar-refractivity contribution in [3.8, 4) is 11.8 Å². The maximum Gasteiger partial charge on any atom is 0.251 e. The lowest BCUT2D eigenvalue weighted by atomic mass is 10.1. The van der Waals surface area contributed by atoms with Crippen LogP contribution in [0.2, 0.25) is 0 Å². The Balaban J connectivity index is 3.02. The minimum atomic E-state index is -2.13. The van der Waals surface area contributed by atoms with Gasteiger partial charge in [0.05, 0.1) is 10.3 Å². The van der Waals surface area contributed by atoms with Gasteiger partial charge >= 0.3 is 0 Å². The van der Waals surface area contributed by atoms with Crippen LogP contribution in [0.5, 0.6) is 0 Å². The monoisotopic (exact) mass is 379 g/mol. The summed E-state index contributed by atoms with van der Waals surface area (Å²) in [5.74, 6) is 5.42. The molecule has 0 fully saturated rings. The van der Waals surface area contributed by atoms with Gasteiger partial charge in [0.25, 0.3) is 5.91 Å². The smallest absolute Gasteiger partial charge is 0.251 e. The van der Waals surface area contributed by atoms with E-state index < -0.39 is 11.1 Å². The second-order valence-corrected chi connectivity index (χ2v) is 7.30. The summed E-state index contributed by atoms with van der Waals surface area (Å²) in [6.45, 7) is 7.00.